The lowest BCUT2D eigenvalue weighted by Gasteiger charge is -2.22. The van der Waals surface area contributed by atoms with Crippen LogP contribution in [-0.2, 0) is 9.59 Å². The van der Waals surface area contributed by atoms with Gasteiger partial charge in [0.05, 0.1) is 0 Å². The molecule has 2 aliphatic rings. The number of likely N-dealkylation sites (tertiary alicyclic amines) is 1. The van der Waals surface area contributed by atoms with Crippen molar-refractivity contribution in [1.82, 2.24) is 4.90 Å². The van der Waals surface area contributed by atoms with E-state index in [4.69, 9.17) is 5.11 Å². The Labute approximate surface area is 89.3 Å². The number of aliphatic carboxylic acids is 1. The van der Waals surface area contributed by atoms with Crippen molar-refractivity contribution in [3.05, 3.63) is 0 Å². The number of hydrogen-bond donors (Lipinski definition) is 1. The molecule has 0 aromatic rings. The zero-order valence-electron chi connectivity index (χ0n) is 9.19. The van der Waals surface area contributed by atoms with Gasteiger partial charge in [-0.1, -0.05) is 13.8 Å². The van der Waals surface area contributed by atoms with E-state index in [0.717, 1.165) is 12.8 Å². The number of nitrogens with zero attached hydrogens (tertiary/aromatic N) is 1. The van der Waals surface area contributed by atoms with Gasteiger partial charge in [0.25, 0.3) is 0 Å². The third-order valence-corrected chi connectivity index (χ3v) is 3.63. The summed E-state index contributed by atoms with van der Waals surface area (Å²) in [5.41, 5.74) is 0.0860. The predicted molar refractivity (Wildman–Crippen MR) is 54.3 cm³/mol. The highest BCUT2D eigenvalue weighted by Gasteiger charge is 2.53. The molecule has 1 aliphatic carbocycles. The highest BCUT2D eigenvalue weighted by atomic mass is 16.4. The molecule has 1 amide bonds. The van der Waals surface area contributed by atoms with Crippen LogP contribution in [-0.4, -0.2) is 34.5 Å². The maximum Gasteiger partial charge on any atom is 0.326 e. The van der Waals surface area contributed by atoms with E-state index >= 15 is 0 Å². The third kappa shape index (κ3) is 1.73. The fraction of sp³-hybridized carbons (Fsp3) is 0.818. The molecular formula is C11H17NO3. The minimum atomic E-state index is -0.862. The van der Waals surface area contributed by atoms with Gasteiger partial charge >= 0.3 is 5.97 Å². The van der Waals surface area contributed by atoms with Crippen LogP contribution in [0.3, 0.4) is 0 Å². The Morgan fingerprint density at radius 2 is 2.00 bits per heavy atom. The van der Waals surface area contributed by atoms with Crippen LogP contribution in [0.4, 0.5) is 0 Å². The second-order valence-corrected chi connectivity index (χ2v) is 5.27. The van der Waals surface area contributed by atoms with Crippen molar-refractivity contribution in [3.8, 4) is 0 Å². The SMILES string of the molecule is CC1(C)C[C@@H]1C(=O)N1CCC[C@H]1C(=O)O. The first-order valence-corrected chi connectivity index (χ1v) is 5.47. The maximum absolute atomic E-state index is 12.0. The lowest BCUT2D eigenvalue weighted by Crippen LogP contribution is -2.41. The normalized spacial score (nSPS) is 32.8. The number of carbonyl (C=O) groups excluding carboxylic acids is 1. The number of hydrogen-bond acceptors (Lipinski definition) is 2. The molecular weight excluding hydrogens is 194 g/mol. The summed E-state index contributed by atoms with van der Waals surface area (Å²) in [4.78, 5) is 24.5. The van der Waals surface area contributed by atoms with Crippen LogP contribution in [0.15, 0.2) is 0 Å². The van der Waals surface area contributed by atoms with Gasteiger partial charge in [-0.15, -0.1) is 0 Å². The van der Waals surface area contributed by atoms with E-state index in [-0.39, 0.29) is 17.2 Å². The van der Waals surface area contributed by atoms with Gasteiger partial charge in [0, 0.05) is 12.5 Å². The second kappa shape index (κ2) is 3.22. The zero-order chi connectivity index (χ0) is 11.2. The third-order valence-electron chi connectivity index (χ3n) is 3.63. The van der Waals surface area contributed by atoms with Crippen LogP contribution < -0.4 is 0 Å². The maximum atomic E-state index is 12.0. The summed E-state index contributed by atoms with van der Waals surface area (Å²) in [6.07, 6.45) is 2.32. The summed E-state index contributed by atoms with van der Waals surface area (Å²) >= 11 is 0. The molecule has 0 spiro atoms. The molecule has 4 heteroatoms. The molecule has 2 rings (SSSR count). The number of amides is 1. The first kappa shape index (κ1) is 10.5. The smallest absolute Gasteiger partial charge is 0.326 e. The molecule has 1 N–H and O–H groups in total. The molecule has 1 saturated carbocycles. The Balaban J connectivity index is 2.04. The summed E-state index contributed by atoms with van der Waals surface area (Å²) in [5, 5.41) is 8.97. The number of carboxylic acids is 1. The summed E-state index contributed by atoms with van der Waals surface area (Å²) < 4.78 is 0. The average Bonchev–Trinajstić information content (AvgIpc) is 2.65. The Hall–Kier alpha value is -1.06. The van der Waals surface area contributed by atoms with Crippen LogP contribution in [0, 0.1) is 11.3 Å². The van der Waals surface area contributed by atoms with Crippen molar-refractivity contribution in [2.24, 2.45) is 11.3 Å². The molecule has 0 unspecified atom stereocenters. The first-order valence-electron chi connectivity index (χ1n) is 5.47. The van der Waals surface area contributed by atoms with E-state index in [1.807, 2.05) is 0 Å². The zero-order valence-corrected chi connectivity index (χ0v) is 9.19. The second-order valence-electron chi connectivity index (χ2n) is 5.27. The number of carboxylic acid groups (broad SMARTS) is 1. The van der Waals surface area contributed by atoms with Crippen LogP contribution in [0.1, 0.15) is 33.1 Å². The van der Waals surface area contributed by atoms with Gasteiger partial charge in [-0.25, -0.2) is 4.79 Å². The molecule has 15 heavy (non-hydrogen) atoms. The van der Waals surface area contributed by atoms with E-state index in [9.17, 15) is 9.59 Å². The largest absolute Gasteiger partial charge is 0.480 e. The Morgan fingerprint density at radius 3 is 2.47 bits per heavy atom. The topological polar surface area (TPSA) is 57.6 Å². The van der Waals surface area contributed by atoms with Crippen molar-refractivity contribution >= 4 is 11.9 Å². The fourth-order valence-electron chi connectivity index (χ4n) is 2.38. The van der Waals surface area contributed by atoms with Gasteiger partial charge in [0.2, 0.25) is 5.91 Å². The average molecular weight is 211 g/mol. The first-order chi connectivity index (χ1) is 6.93. The molecule has 4 nitrogen and oxygen atoms in total. The Bertz CT molecular complexity index is 311. The van der Waals surface area contributed by atoms with Crippen LogP contribution in [0.2, 0.25) is 0 Å². The van der Waals surface area contributed by atoms with Crippen molar-refractivity contribution in [3.63, 3.8) is 0 Å². The molecule has 84 valence electrons. The number of rotatable bonds is 2. The Kier molecular flexibility index (Phi) is 2.24. The van der Waals surface area contributed by atoms with E-state index in [2.05, 4.69) is 13.8 Å². The molecule has 1 aliphatic heterocycles. The summed E-state index contributed by atoms with van der Waals surface area (Å²) in [7, 11) is 0. The van der Waals surface area contributed by atoms with Crippen molar-refractivity contribution in [2.45, 2.75) is 39.2 Å². The molecule has 0 aromatic carbocycles. The van der Waals surface area contributed by atoms with Gasteiger partial charge < -0.3 is 10.0 Å². The van der Waals surface area contributed by atoms with Crippen LogP contribution in [0.5, 0.6) is 0 Å². The van der Waals surface area contributed by atoms with Crippen molar-refractivity contribution in [1.29, 1.82) is 0 Å². The lowest BCUT2D eigenvalue weighted by atomic mass is 10.1. The fourth-order valence-corrected chi connectivity index (χ4v) is 2.38. The lowest BCUT2D eigenvalue weighted by molar-refractivity contribution is -0.149. The van der Waals surface area contributed by atoms with Gasteiger partial charge in [0.1, 0.15) is 6.04 Å². The van der Waals surface area contributed by atoms with E-state index < -0.39 is 12.0 Å². The molecule has 0 radical (unpaired) electrons. The summed E-state index contributed by atoms with van der Waals surface area (Å²) in [6, 6.07) is -0.575. The minimum absolute atomic E-state index is 0.0462. The van der Waals surface area contributed by atoms with Gasteiger partial charge in [-0.3, -0.25) is 4.79 Å². The van der Waals surface area contributed by atoms with Crippen molar-refractivity contribution in [2.75, 3.05) is 6.54 Å². The highest BCUT2D eigenvalue weighted by molar-refractivity contribution is 5.87. The molecule has 0 aromatic heterocycles. The quantitative estimate of drug-likeness (QED) is 0.744. The van der Waals surface area contributed by atoms with Gasteiger partial charge in [-0.05, 0) is 24.7 Å². The Morgan fingerprint density at radius 1 is 1.40 bits per heavy atom. The van der Waals surface area contributed by atoms with Crippen molar-refractivity contribution < 1.29 is 14.7 Å². The summed E-state index contributed by atoms with van der Waals surface area (Å²) in [5.74, 6) is -0.762. The monoisotopic (exact) mass is 211 g/mol. The van der Waals surface area contributed by atoms with E-state index in [1.165, 1.54) is 0 Å². The van der Waals surface area contributed by atoms with Crippen LogP contribution in [0.25, 0.3) is 0 Å². The minimum Gasteiger partial charge on any atom is -0.480 e. The number of carbonyl (C=O) groups is 2. The highest BCUT2D eigenvalue weighted by Crippen LogP contribution is 2.52. The van der Waals surface area contributed by atoms with Gasteiger partial charge in [0.15, 0.2) is 0 Å². The molecule has 0 bridgehead atoms. The summed E-state index contributed by atoms with van der Waals surface area (Å²) in [6.45, 7) is 4.73. The predicted octanol–water partition coefficient (Wildman–Crippen LogP) is 1.11. The molecule has 1 heterocycles. The molecule has 1 saturated heterocycles. The molecule has 2 fully saturated rings. The molecule has 2 atom stereocenters. The van der Waals surface area contributed by atoms with Crippen LogP contribution >= 0.6 is 0 Å². The van der Waals surface area contributed by atoms with E-state index in [1.54, 1.807) is 4.90 Å². The van der Waals surface area contributed by atoms with Gasteiger partial charge in [-0.2, -0.15) is 0 Å². The van der Waals surface area contributed by atoms with E-state index in [0.29, 0.717) is 13.0 Å². The standard InChI is InChI=1S/C11H17NO3/c1-11(2)6-7(11)9(13)12-5-3-4-8(12)10(14)15/h7-8H,3-6H2,1-2H3,(H,14,15)/t7-,8+/m1/s1.